The van der Waals surface area contributed by atoms with Crippen LogP contribution in [-0.4, -0.2) is 25.8 Å². The summed E-state index contributed by atoms with van der Waals surface area (Å²) in [5.74, 6) is -0.655. The van der Waals surface area contributed by atoms with Crippen molar-refractivity contribution in [3.05, 3.63) is 78.6 Å². The van der Waals surface area contributed by atoms with Crippen molar-refractivity contribution >= 4 is 27.4 Å². The number of halogens is 3. The van der Waals surface area contributed by atoms with E-state index in [0.29, 0.717) is 5.69 Å². The molecular weight excluding hydrogens is 449 g/mol. The van der Waals surface area contributed by atoms with E-state index in [4.69, 9.17) is 0 Å². The normalized spacial score (nSPS) is 11.5. The third-order valence-electron chi connectivity index (χ3n) is 3.92. The number of aromatic nitrogens is 1. The van der Waals surface area contributed by atoms with E-state index in [9.17, 15) is 26.4 Å². The van der Waals surface area contributed by atoms with Crippen molar-refractivity contribution < 1.29 is 31.1 Å². The monoisotopic (exact) mass is 466 g/mol. The molecule has 3 rings (SSSR count). The number of nitrogens with zero attached hydrogens (tertiary/aromatic N) is 1. The molecule has 2 amide bonds. The van der Waals surface area contributed by atoms with Crippen LogP contribution in [0.15, 0.2) is 78.0 Å². The highest BCUT2D eigenvalue weighted by Gasteiger charge is 2.31. The van der Waals surface area contributed by atoms with Crippen molar-refractivity contribution in [1.29, 1.82) is 0 Å². The number of rotatable bonds is 7. The molecule has 0 bridgehead atoms. The van der Waals surface area contributed by atoms with Gasteiger partial charge in [-0.05, 0) is 48.0 Å². The third kappa shape index (κ3) is 6.87. The molecule has 0 unspecified atom stereocenters. The molecule has 0 aliphatic heterocycles. The number of carbonyl (C=O) groups excluding carboxylic acids is 1. The topological polar surface area (TPSA) is 109 Å². The number of ether oxygens (including phenoxy) is 1. The van der Waals surface area contributed by atoms with Gasteiger partial charge in [-0.2, -0.15) is 0 Å². The SMILES string of the molecule is O=C(NCc1cccnc1)Nc1ccc(NS(=O)(=O)c2cccc(OC(F)(F)F)c2)cc1. The van der Waals surface area contributed by atoms with Gasteiger partial charge in [0.05, 0.1) is 4.90 Å². The van der Waals surface area contributed by atoms with Gasteiger partial charge in [0.2, 0.25) is 0 Å². The number of benzene rings is 2. The van der Waals surface area contributed by atoms with Crippen molar-refractivity contribution in [3.8, 4) is 5.75 Å². The van der Waals surface area contributed by atoms with Crippen molar-refractivity contribution in [2.75, 3.05) is 10.0 Å². The molecular formula is C20H17F3N4O4S. The maximum Gasteiger partial charge on any atom is 0.573 e. The highest BCUT2D eigenvalue weighted by atomic mass is 32.2. The van der Waals surface area contributed by atoms with Gasteiger partial charge in [-0.3, -0.25) is 9.71 Å². The number of carbonyl (C=O) groups is 1. The van der Waals surface area contributed by atoms with E-state index in [1.54, 1.807) is 24.5 Å². The van der Waals surface area contributed by atoms with Crippen molar-refractivity contribution in [3.63, 3.8) is 0 Å². The number of alkyl halides is 3. The molecule has 12 heteroatoms. The highest BCUT2D eigenvalue weighted by Crippen LogP contribution is 2.26. The molecule has 8 nitrogen and oxygen atoms in total. The molecule has 1 heterocycles. The molecule has 2 aromatic carbocycles. The molecule has 0 saturated carbocycles. The van der Waals surface area contributed by atoms with Crippen LogP contribution in [0.4, 0.5) is 29.3 Å². The summed E-state index contributed by atoms with van der Waals surface area (Å²) in [7, 11) is -4.17. The van der Waals surface area contributed by atoms with Crippen LogP contribution in [0.5, 0.6) is 5.75 Å². The average molecular weight is 466 g/mol. The number of hydrogen-bond donors (Lipinski definition) is 3. The van der Waals surface area contributed by atoms with Crippen LogP contribution < -0.4 is 20.1 Å². The van der Waals surface area contributed by atoms with Crippen molar-refractivity contribution in [2.24, 2.45) is 0 Å². The van der Waals surface area contributed by atoms with Crippen molar-refractivity contribution in [2.45, 2.75) is 17.8 Å². The maximum absolute atomic E-state index is 12.5. The minimum Gasteiger partial charge on any atom is -0.406 e. The van der Waals surface area contributed by atoms with E-state index < -0.39 is 33.1 Å². The minimum atomic E-state index is -4.94. The van der Waals surface area contributed by atoms with Crippen LogP contribution in [-0.2, 0) is 16.6 Å². The predicted molar refractivity (Wildman–Crippen MR) is 110 cm³/mol. The number of urea groups is 1. The molecule has 0 atom stereocenters. The average Bonchev–Trinajstić information content (AvgIpc) is 2.73. The molecule has 0 aliphatic rings. The van der Waals surface area contributed by atoms with Crippen LogP contribution in [0.1, 0.15) is 5.56 Å². The lowest BCUT2D eigenvalue weighted by atomic mass is 10.3. The lowest BCUT2D eigenvalue weighted by Gasteiger charge is -2.12. The van der Waals surface area contributed by atoms with Gasteiger partial charge in [0.25, 0.3) is 10.0 Å². The fraction of sp³-hybridized carbons (Fsp3) is 0.100. The first kappa shape index (κ1) is 22.9. The Kier molecular flexibility index (Phi) is 6.83. The van der Waals surface area contributed by atoms with Gasteiger partial charge in [0.1, 0.15) is 5.75 Å². The molecule has 0 saturated heterocycles. The van der Waals surface area contributed by atoms with Gasteiger partial charge in [0, 0.05) is 36.4 Å². The van der Waals surface area contributed by atoms with Gasteiger partial charge in [-0.25, -0.2) is 13.2 Å². The molecule has 1 aromatic heterocycles. The second-order valence-electron chi connectivity index (χ2n) is 6.37. The van der Waals surface area contributed by atoms with Crippen LogP contribution >= 0.6 is 0 Å². The Bertz CT molecular complexity index is 1170. The fourth-order valence-electron chi connectivity index (χ4n) is 2.53. The lowest BCUT2D eigenvalue weighted by Crippen LogP contribution is -2.28. The van der Waals surface area contributed by atoms with Crippen LogP contribution in [0.3, 0.4) is 0 Å². The number of hydrogen-bond acceptors (Lipinski definition) is 5. The van der Waals surface area contributed by atoms with Gasteiger partial charge < -0.3 is 15.4 Å². The highest BCUT2D eigenvalue weighted by molar-refractivity contribution is 7.92. The molecule has 0 aliphatic carbocycles. The number of pyridine rings is 1. The summed E-state index contributed by atoms with van der Waals surface area (Å²) in [6.07, 6.45) is -1.71. The summed E-state index contributed by atoms with van der Waals surface area (Å²) in [5.41, 5.74) is 1.36. The van der Waals surface area contributed by atoms with E-state index in [0.717, 1.165) is 29.8 Å². The van der Waals surface area contributed by atoms with Gasteiger partial charge in [-0.1, -0.05) is 12.1 Å². The quantitative estimate of drug-likeness (QED) is 0.486. The Balaban J connectivity index is 1.60. The molecule has 168 valence electrons. The molecule has 0 spiro atoms. The second-order valence-corrected chi connectivity index (χ2v) is 8.06. The Labute approximate surface area is 181 Å². The van der Waals surface area contributed by atoms with Crippen LogP contribution in [0, 0.1) is 0 Å². The first-order chi connectivity index (χ1) is 15.1. The van der Waals surface area contributed by atoms with Gasteiger partial charge in [-0.15, -0.1) is 13.2 Å². The summed E-state index contributed by atoms with van der Waals surface area (Å²) >= 11 is 0. The molecule has 3 aromatic rings. The van der Waals surface area contributed by atoms with E-state index in [2.05, 4.69) is 25.1 Å². The number of nitrogens with one attached hydrogen (secondary N) is 3. The van der Waals surface area contributed by atoms with Crippen LogP contribution in [0.2, 0.25) is 0 Å². The Morgan fingerprint density at radius 2 is 1.72 bits per heavy atom. The summed E-state index contributed by atoms with van der Waals surface area (Å²) < 4.78 is 68.0. The Morgan fingerprint density at radius 1 is 1.00 bits per heavy atom. The molecule has 3 N–H and O–H groups in total. The zero-order valence-electron chi connectivity index (χ0n) is 16.3. The second kappa shape index (κ2) is 9.56. The lowest BCUT2D eigenvalue weighted by molar-refractivity contribution is -0.274. The summed E-state index contributed by atoms with van der Waals surface area (Å²) in [6.45, 7) is 0.272. The van der Waals surface area contributed by atoms with E-state index in [-0.39, 0.29) is 12.2 Å². The summed E-state index contributed by atoms with van der Waals surface area (Å²) in [4.78, 5) is 15.5. The van der Waals surface area contributed by atoms with E-state index in [1.807, 2.05) is 0 Å². The number of amides is 2. The maximum atomic E-state index is 12.5. The van der Waals surface area contributed by atoms with E-state index >= 15 is 0 Å². The Hall–Kier alpha value is -3.80. The summed E-state index contributed by atoms with van der Waals surface area (Å²) in [5, 5.41) is 5.24. The zero-order chi connectivity index (χ0) is 23.2. The van der Waals surface area contributed by atoms with Crippen LogP contribution in [0.25, 0.3) is 0 Å². The van der Waals surface area contributed by atoms with Gasteiger partial charge >= 0.3 is 12.4 Å². The zero-order valence-corrected chi connectivity index (χ0v) is 17.1. The smallest absolute Gasteiger partial charge is 0.406 e. The number of anilines is 2. The largest absolute Gasteiger partial charge is 0.573 e. The standard InChI is InChI=1S/C20H17F3N4O4S/c21-20(22,23)31-17-4-1-5-18(11-17)32(29,30)27-16-8-6-15(7-9-16)26-19(28)25-13-14-3-2-10-24-12-14/h1-12,27H,13H2,(H2,25,26,28). The third-order valence-corrected chi connectivity index (χ3v) is 5.30. The fourth-order valence-corrected chi connectivity index (χ4v) is 3.63. The summed E-state index contributed by atoms with van der Waals surface area (Å²) in [6, 6.07) is 12.8. The first-order valence-electron chi connectivity index (χ1n) is 9.03. The number of sulfonamides is 1. The molecule has 0 fully saturated rings. The van der Waals surface area contributed by atoms with E-state index in [1.165, 1.54) is 24.3 Å². The predicted octanol–water partition coefficient (Wildman–Crippen LogP) is 4.10. The van der Waals surface area contributed by atoms with Gasteiger partial charge in [0.15, 0.2) is 0 Å². The Morgan fingerprint density at radius 3 is 2.38 bits per heavy atom. The molecule has 0 radical (unpaired) electrons. The molecule has 32 heavy (non-hydrogen) atoms. The minimum absolute atomic E-state index is 0.147. The first-order valence-corrected chi connectivity index (χ1v) is 10.5. The van der Waals surface area contributed by atoms with Crippen molar-refractivity contribution in [1.82, 2.24) is 10.3 Å².